The molecule has 2 unspecified atom stereocenters. The molecule has 0 aliphatic heterocycles. The molecule has 0 saturated heterocycles. The van der Waals surface area contributed by atoms with Crippen LogP contribution < -0.4 is 16.4 Å². The number of phenolic OH excluding ortho intramolecular Hbond substituents is 1. The third-order valence-corrected chi connectivity index (χ3v) is 5.49. The van der Waals surface area contributed by atoms with E-state index in [1.54, 1.807) is 58.0 Å². The smallest absolute Gasteiger partial charge is 0.408 e. The van der Waals surface area contributed by atoms with Gasteiger partial charge >= 0.3 is 6.09 Å². The number of nitrogens with zero attached hydrogens (tertiary/aromatic N) is 1. The number of likely N-dealkylation sites (N-methyl/N-ethyl adjacent to an activating group) is 1. The van der Waals surface area contributed by atoms with Gasteiger partial charge in [-0.1, -0.05) is 36.4 Å². The van der Waals surface area contributed by atoms with Crippen LogP contribution in [0, 0.1) is 6.92 Å². The van der Waals surface area contributed by atoms with E-state index < -0.39 is 41.5 Å². The Morgan fingerprint density at radius 2 is 1.68 bits per heavy atom. The van der Waals surface area contributed by atoms with Gasteiger partial charge in [-0.3, -0.25) is 14.4 Å². The molecule has 0 aliphatic rings. The number of carbonyl (C=O) groups excluding carboxylic acids is 4. The predicted octanol–water partition coefficient (Wildman–Crippen LogP) is 3.39. The minimum atomic E-state index is -1.24. The van der Waals surface area contributed by atoms with Gasteiger partial charge in [0, 0.05) is 24.2 Å². The Hall–Kier alpha value is -4.08. The monoisotopic (exact) mass is 512 g/mol. The van der Waals surface area contributed by atoms with Gasteiger partial charge in [-0.05, 0) is 58.7 Å². The van der Waals surface area contributed by atoms with E-state index in [1.807, 2.05) is 19.1 Å². The SMILES string of the molecule is CCN(C(=O)C(CCC(N)=O)NC(=O)OC(C)(C)C)C(C(=O)Nc1ccccc1C)c1ccccc1O. The van der Waals surface area contributed by atoms with Gasteiger partial charge in [-0.15, -0.1) is 0 Å². The lowest BCUT2D eigenvalue weighted by atomic mass is 10.0. The number of primary amides is 1. The summed E-state index contributed by atoms with van der Waals surface area (Å²) in [4.78, 5) is 52.6. The van der Waals surface area contributed by atoms with Crippen LogP contribution in [0.15, 0.2) is 48.5 Å². The predicted molar refractivity (Wildman–Crippen MR) is 140 cm³/mol. The van der Waals surface area contributed by atoms with Crippen LogP contribution in [-0.2, 0) is 19.1 Å². The summed E-state index contributed by atoms with van der Waals surface area (Å²) in [5.74, 6) is -2.02. The minimum absolute atomic E-state index is 0.0576. The number of aryl methyl sites for hydroxylation is 1. The number of anilines is 1. The molecule has 5 N–H and O–H groups in total. The van der Waals surface area contributed by atoms with E-state index in [-0.39, 0.29) is 30.7 Å². The second-order valence-corrected chi connectivity index (χ2v) is 9.59. The molecule has 4 amide bonds. The summed E-state index contributed by atoms with van der Waals surface area (Å²) in [5, 5.41) is 15.9. The van der Waals surface area contributed by atoms with Crippen LogP contribution in [0.25, 0.3) is 0 Å². The Kier molecular flexibility index (Phi) is 10.0. The first-order chi connectivity index (χ1) is 17.3. The maximum absolute atomic E-state index is 13.8. The number of carbonyl (C=O) groups is 4. The molecule has 0 spiro atoms. The number of benzene rings is 2. The van der Waals surface area contributed by atoms with E-state index in [0.717, 1.165) is 5.56 Å². The van der Waals surface area contributed by atoms with Crippen LogP contribution in [0.3, 0.4) is 0 Å². The Balaban J connectivity index is 2.47. The number of ether oxygens (including phenoxy) is 1. The molecule has 2 aromatic carbocycles. The van der Waals surface area contributed by atoms with E-state index in [9.17, 15) is 24.3 Å². The van der Waals surface area contributed by atoms with Crippen molar-refractivity contribution in [3.05, 3.63) is 59.7 Å². The first-order valence-corrected chi connectivity index (χ1v) is 12.1. The van der Waals surface area contributed by atoms with E-state index >= 15 is 0 Å². The number of aromatic hydroxyl groups is 1. The van der Waals surface area contributed by atoms with Crippen LogP contribution in [0.5, 0.6) is 5.75 Å². The number of rotatable bonds is 10. The van der Waals surface area contributed by atoms with Crippen molar-refractivity contribution in [2.45, 2.75) is 65.1 Å². The van der Waals surface area contributed by atoms with E-state index in [4.69, 9.17) is 10.5 Å². The molecule has 0 aromatic heterocycles. The summed E-state index contributed by atoms with van der Waals surface area (Å²) in [7, 11) is 0. The number of nitrogens with one attached hydrogen (secondary N) is 2. The number of para-hydroxylation sites is 2. The zero-order chi connectivity index (χ0) is 27.8. The largest absolute Gasteiger partial charge is 0.508 e. The topological polar surface area (TPSA) is 151 Å². The van der Waals surface area contributed by atoms with Gasteiger partial charge in [0.05, 0.1) is 0 Å². The third kappa shape index (κ3) is 8.52. The van der Waals surface area contributed by atoms with Gasteiger partial charge in [0.15, 0.2) is 0 Å². The van der Waals surface area contributed by atoms with Crippen molar-refractivity contribution in [2.24, 2.45) is 5.73 Å². The molecule has 2 atom stereocenters. The average Bonchev–Trinajstić information content (AvgIpc) is 2.80. The van der Waals surface area contributed by atoms with E-state index in [1.165, 1.54) is 11.0 Å². The molecule has 200 valence electrons. The second kappa shape index (κ2) is 12.8. The van der Waals surface area contributed by atoms with Crippen LogP contribution in [0.1, 0.15) is 57.7 Å². The third-order valence-electron chi connectivity index (χ3n) is 5.49. The molecule has 0 saturated carbocycles. The van der Waals surface area contributed by atoms with Gasteiger partial charge in [0.25, 0.3) is 5.91 Å². The highest BCUT2D eigenvalue weighted by molar-refractivity contribution is 5.99. The van der Waals surface area contributed by atoms with Crippen molar-refractivity contribution in [2.75, 3.05) is 11.9 Å². The summed E-state index contributed by atoms with van der Waals surface area (Å²) < 4.78 is 5.29. The maximum Gasteiger partial charge on any atom is 0.408 e. The summed E-state index contributed by atoms with van der Waals surface area (Å²) in [6, 6.07) is 10.9. The van der Waals surface area contributed by atoms with Gasteiger partial charge in [-0.25, -0.2) is 4.79 Å². The number of hydrogen-bond acceptors (Lipinski definition) is 6. The van der Waals surface area contributed by atoms with Crippen molar-refractivity contribution >= 4 is 29.5 Å². The first-order valence-electron chi connectivity index (χ1n) is 12.1. The quantitative estimate of drug-likeness (QED) is 0.383. The number of amides is 4. The zero-order valence-corrected chi connectivity index (χ0v) is 21.9. The fourth-order valence-electron chi connectivity index (χ4n) is 3.74. The summed E-state index contributed by atoms with van der Waals surface area (Å²) >= 11 is 0. The van der Waals surface area contributed by atoms with Gasteiger partial charge in [0.2, 0.25) is 11.8 Å². The number of alkyl carbamates (subject to hydrolysis) is 1. The number of nitrogens with two attached hydrogens (primary N) is 1. The standard InChI is InChI=1S/C27H36N4O6/c1-6-31(25(35)20(15-16-22(28)33)30-26(36)37-27(3,4)5)23(18-12-8-10-14-21(18)32)24(34)29-19-13-9-7-11-17(19)2/h7-14,20,23,32H,6,15-16H2,1-5H3,(H2,28,33)(H,29,34)(H,30,36). The Bertz CT molecular complexity index is 1130. The zero-order valence-electron chi connectivity index (χ0n) is 21.9. The fourth-order valence-corrected chi connectivity index (χ4v) is 3.74. The maximum atomic E-state index is 13.8. The molecule has 10 nitrogen and oxygen atoms in total. The Morgan fingerprint density at radius 3 is 2.24 bits per heavy atom. The van der Waals surface area contributed by atoms with Crippen molar-refractivity contribution in [3.63, 3.8) is 0 Å². The van der Waals surface area contributed by atoms with Crippen molar-refractivity contribution < 1.29 is 29.0 Å². The van der Waals surface area contributed by atoms with Crippen molar-refractivity contribution in [3.8, 4) is 5.75 Å². The normalized spacial score (nSPS) is 12.7. The molecule has 0 bridgehead atoms. The molecule has 0 heterocycles. The Labute approximate surface area is 217 Å². The molecule has 2 aromatic rings. The minimum Gasteiger partial charge on any atom is -0.508 e. The second-order valence-electron chi connectivity index (χ2n) is 9.59. The van der Waals surface area contributed by atoms with E-state index in [2.05, 4.69) is 10.6 Å². The van der Waals surface area contributed by atoms with Crippen LogP contribution in [-0.4, -0.2) is 52.0 Å². The molecule has 0 radical (unpaired) electrons. The van der Waals surface area contributed by atoms with Crippen LogP contribution in [0.2, 0.25) is 0 Å². The highest BCUT2D eigenvalue weighted by atomic mass is 16.6. The first kappa shape index (κ1) is 29.2. The van der Waals surface area contributed by atoms with Gasteiger partial charge in [0.1, 0.15) is 23.4 Å². The highest BCUT2D eigenvalue weighted by Gasteiger charge is 2.37. The Morgan fingerprint density at radius 1 is 1.05 bits per heavy atom. The van der Waals surface area contributed by atoms with E-state index in [0.29, 0.717) is 5.69 Å². The van der Waals surface area contributed by atoms with Crippen molar-refractivity contribution in [1.82, 2.24) is 10.2 Å². The molecular weight excluding hydrogens is 476 g/mol. The summed E-state index contributed by atoms with van der Waals surface area (Å²) in [5.41, 5.74) is 6.04. The van der Waals surface area contributed by atoms with Crippen LogP contribution in [0.4, 0.5) is 10.5 Å². The number of hydrogen-bond donors (Lipinski definition) is 4. The molecule has 10 heteroatoms. The molecule has 0 aliphatic carbocycles. The molecule has 2 rings (SSSR count). The van der Waals surface area contributed by atoms with Gasteiger partial charge < -0.3 is 31.1 Å². The lowest BCUT2D eigenvalue weighted by Gasteiger charge is -2.34. The average molecular weight is 513 g/mol. The molecular formula is C27H36N4O6. The number of phenols is 1. The van der Waals surface area contributed by atoms with Gasteiger partial charge in [-0.2, -0.15) is 0 Å². The summed E-state index contributed by atoms with van der Waals surface area (Å²) in [6.07, 6.45) is -1.13. The highest BCUT2D eigenvalue weighted by Crippen LogP contribution is 2.31. The fraction of sp³-hybridized carbons (Fsp3) is 0.407. The molecule has 0 fully saturated rings. The molecule has 37 heavy (non-hydrogen) atoms. The lowest BCUT2D eigenvalue weighted by Crippen LogP contribution is -2.52. The van der Waals surface area contributed by atoms with Crippen molar-refractivity contribution in [1.29, 1.82) is 0 Å². The van der Waals surface area contributed by atoms with Crippen LogP contribution >= 0.6 is 0 Å². The summed E-state index contributed by atoms with van der Waals surface area (Å²) in [6.45, 7) is 8.59. The lowest BCUT2D eigenvalue weighted by molar-refractivity contribution is -0.140.